The van der Waals surface area contributed by atoms with E-state index in [1.54, 1.807) is 12.0 Å². The maximum atomic E-state index is 12.7. The van der Waals surface area contributed by atoms with Gasteiger partial charge in [-0.1, -0.05) is 30.3 Å². The fourth-order valence-corrected chi connectivity index (χ4v) is 3.92. The number of aryl methyl sites for hydroxylation is 1. The van der Waals surface area contributed by atoms with Crippen LogP contribution in [0.25, 0.3) is 0 Å². The number of thiazole rings is 1. The number of nitrogens with one attached hydrogen (secondary N) is 2. The number of hydrogen-bond acceptors (Lipinski definition) is 8. The third-order valence-electron chi connectivity index (χ3n) is 4.69. The molecule has 3 aromatic rings. The number of methoxy groups -OCH3 is 1. The van der Waals surface area contributed by atoms with Gasteiger partial charge in [0.1, 0.15) is 11.5 Å². The van der Waals surface area contributed by atoms with Gasteiger partial charge in [0.25, 0.3) is 5.56 Å². The van der Waals surface area contributed by atoms with Gasteiger partial charge in [0.15, 0.2) is 5.13 Å². The van der Waals surface area contributed by atoms with Gasteiger partial charge in [0.05, 0.1) is 18.8 Å². The van der Waals surface area contributed by atoms with E-state index in [1.165, 1.54) is 15.9 Å². The number of ether oxygens (including phenoxy) is 1. The molecule has 2 aromatic heterocycles. The topological polar surface area (TPSA) is 135 Å². The number of nitrogens with two attached hydrogens (primary N) is 1. The third-order valence-corrected chi connectivity index (χ3v) is 5.57. The lowest BCUT2D eigenvalue weighted by atomic mass is 10.2. The van der Waals surface area contributed by atoms with E-state index in [1.807, 2.05) is 42.6 Å². The Labute approximate surface area is 188 Å². The molecule has 0 aliphatic carbocycles. The average molecular weight is 459 g/mol. The lowest BCUT2D eigenvalue weighted by Gasteiger charge is -2.25. The second-order valence-corrected chi connectivity index (χ2v) is 8.03. The highest BCUT2D eigenvalue weighted by Crippen LogP contribution is 2.19. The van der Waals surface area contributed by atoms with Crippen molar-refractivity contribution in [2.75, 3.05) is 42.8 Å². The maximum absolute atomic E-state index is 12.7. The van der Waals surface area contributed by atoms with Gasteiger partial charge >= 0.3 is 5.69 Å². The number of hydrogen-bond donors (Lipinski definition) is 3. The van der Waals surface area contributed by atoms with Crippen molar-refractivity contribution in [3.8, 4) is 0 Å². The molecule has 0 spiro atoms. The van der Waals surface area contributed by atoms with Crippen molar-refractivity contribution < 1.29 is 9.53 Å². The minimum absolute atomic E-state index is 0.00193. The quantitative estimate of drug-likeness (QED) is 0.391. The van der Waals surface area contributed by atoms with E-state index >= 15 is 0 Å². The van der Waals surface area contributed by atoms with Crippen molar-refractivity contribution in [3.05, 3.63) is 67.8 Å². The lowest BCUT2D eigenvalue weighted by molar-refractivity contribution is -0.115. The maximum Gasteiger partial charge on any atom is 0.330 e. The number of aromatic nitrogens is 3. The van der Waals surface area contributed by atoms with E-state index in [0.717, 1.165) is 11.3 Å². The first-order valence-corrected chi connectivity index (χ1v) is 10.9. The Balaban J connectivity index is 1.92. The van der Waals surface area contributed by atoms with Gasteiger partial charge in [0, 0.05) is 25.6 Å². The Bertz CT molecular complexity index is 1170. The molecule has 32 heavy (non-hydrogen) atoms. The molecule has 0 saturated heterocycles. The van der Waals surface area contributed by atoms with Gasteiger partial charge in [-0.15, -0.1) is 11.3 Å². The molecule has 0 atom stereocenters. The van der Waals surface area contributed by atoms with Gasteiger partial charge in [-0.2, -0.15) is 0 Å². The van der Waals surface area contributed by atoms with Crippen molar-refractivity contribution in [1.82, 2.24) is 14.5 Å². The molecule has 170 valence electrons. The zero-order chi connectivity index (χ0) is 23.1. The summed E-state index contributed by atoms with van der Waals surface area (Å²) in [6.45, 7) is 2.64. The molecular formula is C21H26N6O4S. The van der Waals surface area contributed by atoms with Crippen LogP contribution in [0.4, 0.5) is 16.6 Å². The van der Waals surface area contributed by atoms with Crippen LogP contribution in [0.15, 0.2) is 45.3 Å². The summed E-state index contributed by atoms with van der Waals surface area (Å²) in [5.41, 5.74) is 6.76. The van der Waals surface area contributed by atoms with Crippen LogP contribution in [0.5, 0.6) is 0 Å². The number of H-pyrrole nitrogens is 1. The summed E-state index contributed by atoms with van der Waals surface area (Å²) >= 11 is 1.31. The Morgan fingerprint density at radius 1 is 1.31 bits per heavy atom. The Kier molecular flexibility index (Phi) is 7.79. The second kappa shape index (κ2) is 10.7. The van der Waals surface area contributed by atoms with Crippen molar-refractivity contribution in [1.29, 1.82) is 0 Å². The fraction of sp³-hybridized carbons (Fsp3) is 0.333. The largest absolute Gasteiger partial charge is 0.385 e. The molecule has 0 radical (unpaired) electrons. The van der Waals surface area contributed by atoms with Gasteiger partial charge in [0.2, 0.25) is 5.91 Å². The molecule has 0 saturated carbocycles. The number of aromatic amines is 1. The zero-order valence-corrected chi connectivity index (χ0v) is 18.8. The van der Waals surface area contributed by atoms with Crippen LogP contribution in [0.1, 0.15) is 17.7 Å². The minimum Gasteiger partial charge on any atom is -0.385 e. The summed E-state index contributed by atoms with van der Waals surface area (Å²) in [6.07, 6.45) is 0.552. The van der Waals surface area contributed by atoms with E-state index in [4.69, 9.17) is 10.5 Å². The summed E-state index contributed by atoms with van der Waals surface area (Å²) in [6, 6.07) is 9.29. The normalized spacial score (nSPS) is 10.8. The monoisotopic (exact) mass is 458 g/mol. The molecule has 1 aromatic carbocycles. The van der Waals surface area contributed by atoms with Gasteiger partial charge in [-0.3, -0.25) is 19.1 Å². The number of nitrogens with zero attached hydrogens (tertiary/aromatic N) is 3. The minimum atomic E-state index is -0.646. The number of carbonyl (C=O) groups excluding carboxylic acids is 1. The van der Waals surface area contributed by atoms with Crippen molar-refractivity contribution in [2.24, 2.45) is 0 Å². The predicted molar refractivity (Wildman–Crippen MR) is 125 cm³/mol. The van der Waals surface area contributed by atoms with E-state index in [-0.39, 0.29) is 30.5 Å². The number of anilines is 3. The van der Waals surface area contributed by atoms with E-state index < -0.39 is 11.2 Å². The summed E-state index contributed by atoms with van der Waals surface area (Å²) in [5.74, 6) is -0.353. The van der Waals surface area contributed by atoms with E-state index in [2.05, 4.69) is 15.3 Å². The van der Waals surface area contributed by atoms with Crippen LogP contribution >= 0.6 is 11.3 Å². The SMILES string of the molecule is COCCCN(CC(=O)Nc1nc(C)cs1)c1c(N)n(Cc2ccccc2)c(=O)[nH]c1=O. The summed E-state index contributed by atoms with van der Waals surface area (Å²) < 4.78 is 6.40. The van der Waals surface area contributed by atoms with Gasteiger partial charge in [-0.25, -0.2) is 9.78 Å². The molecule has 0 aliphatic rings. The number of benzene rings is 1. The molecule has 10 nitrogen and oxygen atoms in total. The molecule has 0 fully saturated rings. The number of rotatable bonds is 10. The fourth-order valence-electron chi connectivity index (χ4n) is 3.22. The molecular weight excluding hydrogens is 432 g/mol. The van der Waals surface area contributed by atoms with Gasteiger partial charge < -0.3 is 20.7 Å². The van der Waals surface area contributed by atoms with Gasteiger partial charge in [-0.05, 0) is 18.9 Å². The Morgan fingerprint density at radius 3 is 2.72 bits per heavy atom. The van der Waals surface area contributed by atoms with Crippen LogP contribution in [-0.2, 0) is 16.1 Å². The predicted octanol–water partition coefficient (Wildman–Crippen LogP) is 1.41. The first-order valence-electron chi connectivity index (χ1n) is 10.0. The van der Waals surface area contributed by atoms with Crippen LogP contribution in [0, 0.1) is 6.92 Å². The molecule has 11 heteroatoms. The summed E-state index contributed by atoms with van der Waals surface area (Å²) in [5, 5.41) is 5.03. The Morgan fingerprint density at radius 2 is 2.06 bits per heavy atom. The molecule has 0 unspecified atom stereocenters. The van der Waals surface area contributed by atoms with E-state index in [9.17, 15) is 14.4 Å². The van der Waals surface area contributed by atoms with Crippen molar-refractivity contribution in [2.45, 2.75) is 19.9 Å². The molecule has 0 aliphatic heterocycles. The standard InChI is InChI=1S/C21H26N6O4S/c1-14-13-32-20(23-14)24-16(28)12-26(9-6-10-31-2)17-18(22)27(21(30)25-19(17)29)11-15-7-4-3-5-8-15/h3-5,7-8,13H,6,9-12,22H2,1-2H3,(H,23,24,28)(H,25,29,30). The highest BCUT2D eigenvalue weighted by molar-refractivity contribution is 7.13. The summed E-state index contributed by atoms with van der Waals surface area (Å²) in [7, 11) is 1.57. The van der Waals surface area contributed by atoms with Crippen molar-refractivity contribution >= 4 is 33.9 Å². The number of amides is 1. The highest BCUT2D eigenvalue weighted by atomic mass is 32.1. The molecule has 1 amide bonds. The Hall–Kier alpha value is -3.44. The van der Waals surface area contributed by atoms with Crippen LogP contribution < -0.4 is 27.2 Å². The molecule has 4 N–H and O–H groups in total. The zero-order valence-electron chi connectivity index (χ0n) is 18.0. The smallest absolute Gasteiger partial charge is 0.330 e. The first-order chi connectivity index (χ1) is 15.4. The molecule has 0 bridgehead atoms. The molecule has 3 rings (SSSR count). The summed E-state index contributed by atoms with van der Waals surface area (Å²) in [4.78, 5) is 46.0. The number of nitrogen functional groups attached to an aromatic ring is 1. The van der Waals surface area contributed by atoms with E-state index in [0.29, 0.717) is 24.7 Å². The lowest BCUT2D eigenvalue weighted by Crippen LogP contribution is -2.42. The average Bonchev–Trinajstić information content (AvgIpc) is 3.16. The van der Waals surface area contributed by atoms with Crippen LogP contribution in [-0.4, -0.2) is 47.2 Å². The third kappa shape index (κ3) is 5.83. The molecule has 2 heterocycles. The van der Waals surface area contributed by atoms with Crippen molar-refractivity contribution in [3.63, 3.8) is 0 Å². The van der Waals surface area contributed by atoms with Crippen LogP contribution in [0.2, 0.25) is 0 Å². The first kappa shape index (κ1) is 23.2. The highest BCUT2D eigenvalue weighted by Gasteiger charge is 2.21. The van der Waals surface area contributed by atoms with Crippen LogP contribution in [0.3, 0.4) is 0 Å². The second-order valence-electron chi connectivity index (χ2n) is 7.17. The number of carbonyl (C=O) groups is 1.